The van der Waals surface area contributed by atoms with Crippen molar-refractivity contribution < 1.29 is 24.2 Å². The fourth-order valence-corrected chi connectivity index (χ4v) is 4.90. The summed E-state index contributed by atoms with van der Waals surface area (Å²) in [7, 11) is 0. The number of carboxylic acid groups (broad SMARTS) is 1. The van der Waals surface area contributed by atoms with Crippen molar-refractivity contribution >= 4 is 17.8 Å². The van der Waals surface area contributed by atoms with Gasteiger partial charge in [-0.3, -0.25) is 9.59 Å². The predicted octanol–water partition coefficient (Wildman–Crippen LogP) is 10.00. The van der Waals surface area contributed by atoms with Crippen LogP contribution in [0.3, 0.4) is 0 Å². The van der Waals surface area contributed by atoms with E-state index in [0.29, 0.717) is 38.6 Å². The van der Waals surface area contributed by atoms with Crippen molar-refractivity contribution in [3.8, 4) is 0 Å². The van der Waals surface area contributed by atoms with Crippen molar-refractivity contribution in [1.29, 1.82) is 0 Å². The van der Waals surface area contributed by atoms with E-state index in [4.69, 9.17) is 10.5 Å². The lowest BCUT2D eigenvalue weighted by Gasteiger charge is -2.15. The van der Waals surface area contributed by atoms with E-state index < -0.39 is 12.0 Å². The summed E-state index contributed by atoms with van der Waals surface area (Å²) in [5.74, 6) is -1.39. The molecule has 0 spiro atoms. The summed E-state index contributed by atoms with van der Waals surface area (Å²) in [6, 6.07) is -0.875. The van der Waals surface area contributed by atoms with Gasteiger partial charge >= 0.3 is 11.9 Å². The maximum atomic E-state index is 12.6. The van der Waals surface area contributed by atoms with Crippen molar-refractivity contribution in [1.82, 2.24) is 5.32 Å². The van der Waals surface area contributed by atoms with Gasteiger partial charge in [-0.15, -0.1) is 0 Å². The molecule has 4 N–H and O–H groups in total. The van der Waals surface area contributed by atoms with Crippen LogP contribution < -0.4 is 11.1 Å². The number of nitrogens with one attached hydrogen (secondary N) is 1. The van der Waals surface area contributed by atoms with Gasteiger partial charge in [0.2, 0.25) is 5.91 Å². The first kappa shape index (κ1) is 44.8. The number of amides is 1. The maximum absolute atomic E-state index is 12.6. The Hall–Kier alpha value is -3.19. The molecule has 0 radical (unpaired) electrons. The van der Waals surface area contributed by atoms with Gasteiger partial charge in [-0.2, -0.15) is 0 Å². The van der Waals surface area contributed by atoms with Crippen molar-refractivity contribution in [2.45, 2.75) is 161 Å². The molecule has 0 heterocycles. The van der Waals surface area contributed by atoms with Crippen LogP contribution in [0.2, 0.25) is 0 Å². The van der Waals surface area contributed by atoms with Crippen LogP contribution >= 0.6 is 0 Å². The molecule has 0 aromatic carbocycles. The second-order valence-corrected chi connectivity index (χ2v) is 12.2. The van der Waals surface area contributed by atoms with E-state index in [2.05, 4.69) is 86.0 Å². The Morgan fingerprint density at radius 3 is 1.81 bits per heavy atom. The Balaban J connectivity index is 4.15. The highest BCUT2D eigenvalue weighted by molar-refractivity contribution is 5.83. The van der Waals surface area contributed by atoms with Crippen molar-refractivity contribution in [2.75, 3.05) is 6.54 Å². The van der Waals surface area contributed by atoms with E-state index in [1.807, 2.05) is 6.08 Å². The molecular weight excluding hydrogens is 600 g/mol. The van der Waals surface area contributed by atoms with E-state index in [9.17, 15) is 19.5 Å². The highest BCUT2D eigenvalue weighted by atomic mass is 16.5. The van der Waals surface area contributed by atoms with Crippen molar-refractivity contribution in [3.63, 3.8) is 0 Å². The molecule has 0 rings (SSSR count). The first-order valence-corrected chi connectivity index (χ1v) is 18.8. The molecule has 7 heteroatoms. The SMILES string of the molecule is CC/C=C\C/C=C\C/C=C\C/C=C\C/C=C\CCCCCC(=O)OC(/C=C\CCCC)CCCCCCC(=O)NC(CCCN)C(=O)O. The van der Waals surface area contributed by atoms with Crippen LogP contribution in [0, 0.1) is 0 Å². The zero-order chi connectivity index (χ0) is 35.3. The number of aliphatic carboxylic acids is 1. The number of carbonyl (C=O) groups is 3. The summed E-state index contributed by atoms with van der Waals surface area (Å²) >= 11 is 0. The summed E-state index contributed by atoms with van der Waals surface area (Å²) in [5, 5.41) is 11.9. The average molecular weight is 669 g/mol. The number of unbranched alkanes of at least 4 members (excludes halogenated alkanes) is 8. The van der Waals surface area contributed by atoms with Crippen LogP contribution in [0.25, 0.3) is 0 Å². The second kappa shape index (κ2) is 35.1. The lowest BCUT2D eigenvalue weighted by Crippen LogP contribution is -2.40. The lowest BCUT2D eigenvalue weighted by molar-refractivity contribution is -0.147. The van der Waals surface area contributed by atoms with Gasteiger partial charge in [0.15, 0.2) is 0 Å². The van der Waals surface area contributed by atoms with Crippen molar-refractivity contribution in [2.24, 2.45) is 5.73 Å². The minimum absolute atomic E-state index is 0.130. The Bertz CT molecular complexity index is 979. The van der Waals surface area contributed by atoms with E-state index in [1.54, 1.807) is 0 Å². The van der Waals surface area contributed by atoms with Gasteiger partial charge in [0.1, 0.15) is 12.1 Å². The molecule has 0 aliphatic heterocycles. The molecule has 0 fully saturated rings. The molecule has 0 saturated carbocycles. The van der Waals surface area contributed by atoms with Crippen LogP contribution in [0.1, 0.15) is 149 Å². The standard InChI is InChI=1S/C41H68N2O5/c1-3-5-7-9-10-11-12-13-14-15-16-17-18-19-20-21-22-23-29-35-40(45)48-37(31-26-8-6-4-2)32-27-24-25-28-34-39(44)43-38(41(46)47)33-30-36-42/h5,7,10-11,13-14,16-17,19-20,26,31,37-38H,3-4,6,8-9,12,15,18,21-25,27-30,32-36,42H2,1-2H3,(H,43,44)(H,46,47)/b7-5-,11-10-,14-13-,17-16-,20-19-,31-26-. The Morgan fingerprint density at radius 1 is 0.646 bits per heavy atom. The first-order chi connectivity index (χ1) is 23.4. The summed E-state index contributed by atoms with van der Waals surface area (Å²) in [6.07, 6.45) is 44.1. The molecule has 0 aliphatic carbocycles. The zero-order valence-electron chi connectivity index (χ0n) is 30.3. The van der Waals surface area contributed by atoms with Crippen LogP contribution in [0.4, 0.5) is 0 Å². The number of esters is 1. The van der Waals surface area contributed by atoms with E-state index in [0.717, 1.165) is 103 Å². The molecule has 7 nitrogen and oxygen atoms in total. The summed E-state index contributed by atoms with van der Waals surface area (Å²) in [5.41, 5.74) is 5.46. The molecule has 0 aromatic rings. The van der Waals surface area contributed by atoms with Crippen LogP contribution in [-0.2, 0) is 19.1 Å². The number of rotatable bonds is 32. The number of hydrogen-bond acceptors (Lipinski definition) is 5. The quantitative estimate of drug-likeness (QED) is 0.0373. The predicted molar refractivity (Wildman–Crippen MR) is 202 cm³/mol. The summed E-state index contributed by atoms with van der Waals surface area (Å²) < 4.78 is 5.82. The molecule has 272 valence electrons. The molecule has 0 bridgehead atoms. The number of ether oxygens (including phenoxy) is 1. The van der Waals surface area contributed by atoms with E-state index in [1.165, 1.54) is 0 Å². The zero-order valence-corrected chi connectivity index (χ0v) is 30.3. The Kier molecular flexibility index (Phi) is 32.8. The third-order valence-electron chi connectivity index (χ3n) is 7.74. The average Bonchev–Trinajstić information content (AvgIpc) is 3.07. The van der Waals surface area contributed by atoms with Gasteiger partial charge in [-0.05, 0) is 103 Å². The monoisotopic (exact) mass is 669 g/mol. The first-order valence-electron chi connectivity index (χ1n) is 18.8. The third-order valence-corrected chi connectivity index (χ3v) is 7.74. The van der Waals surface area contributed by atoms with E-state index >= 15 is 0 Å². The fraction of sp³-hybridized carbons (Fsp3) is 0.634. The molecule has 0 saturated heterocycles. The smallest absolute Gasteiger partial charge is 0.326 e. The lowest BCUT2D eigenvalue weighted by atomic mass is 10.1. The Morgan fingerprint density at radius 2 is 1.21 bits per heavy atom. The molecule has 2 unspecified atom stereocenters. The number of carbonyl (C=O) groups excluding carboxylic acids is 2. The number of carboxylic acids is 1. The molecule has 0 aromatic heterocycles. The number of hydrogen-bond donors (Lipinski definition) is 3. The minimum atomic E-state index is -1.02. The summed E-state index contributed by atoms with van der Waals surface area (Å²) in [6.45, 7) is 4.71. The molecule has 0 aliphatic rings. The molecule has 1 amide bonds. The molecule has 2 atom stereocenters. The van der Waals surface area contributed by atoms with Gasteiger partial charge < -0.3 is 20.9 Å². The highest BCUT2D eigenvalue weighted by Gasteiger charge is 2.18. The minimum Gasteiger partial charge on any atom is -0.480 e. The van der Waals surface area contributed by atoms with Gasteiger partial charge in [-0.25, -0.2) is 4.79 Å². The highest BCUT2D eigenvalue weighted by Crippen LogP contribution is 2.14. The van der Waals surface area contributed by atoms with Crippen LogP contribution in [0.15, 0.2) is 72.9 Å². The fourth-order valence-electron chi connectivity index (χ4n) is 4.90. The third kappa shape index (κ3) is 31.4. The summed E-state index contributed by atoms with van der Waals surface area (Å²) in [4.78, 5) is 36.0. The van der Waals surface area contributed by atoms with E-state index in [-0.39, 0.29) is 18.0 Å². The topological polar surface area (TPSA) is 119 Å². The molecule has 48 heavy (non-hydrogen) atoms. The van der Waals surface area contributed by atoms with Gasteiger partial charge in [0.05, 0.1) is 0 Å². The normalized spacial score (nSPS) is 13.6. The van der Waals surface area contributed by atoms with Crippen molar-refractivity contribution in [3.05, 3.63) is 72.9 Å². The Labute approximate surface area is 292 Å². The second-order valence-electron chi connectivity index (χ2n) is 12.2. The number of nitrogens with two attached hydrogens (primary N) is 1. The maximum Gasteiger partial charge on any atom is 0.326 e. The largest absolute Gasteiger partial charge is 0.480 e. The van der Waals surface area contributed by atoms with Crippen LogP contribution in [0.5, 0.6) is 0 Å². The van der Waals surface area contributed by atoms with Gasteiger partial charge in [0, 0.05) is 12.8 Å². The van der Waals surface area contributed by atoms with Gasteiger partial charge in [0.25, 0.3) is 0 Å². The van der Waals surface area contributed by atoms with Gasteiger partial charge in [-0.1, -0.05) is 113 Å². The van der Waals surface area contributed by atoms with Crippen LogP contribution in [-0.4, -0.2) is 41.6 Å². The molecular formula is C41H68N2O5. The number of allylic oxidation sites excluding steroid dienone is 11.